The summed E-state index contributed by atoms with van der Waals surface area (Å²) in [4.78, 5) is 26.8. The molecule has 0 bridgehead atoms. The molecule has 10 heteroatoms. The minimum absolute atomic E-state index is 0. The number of fused-ring (bicyclic) bond motifs is 1. The van der Waals surface area contributed by atoms with Crippen LogP contribution in [0.1, 0.15) is 67.9 Å². The van der Waals surface area contributed by atoms with Crippen LogP contribution in [-0.4, -0.2) is 38.2 Å². The van der Waals surface area contributed by atoms with Gasteiger partial charge in [0.05, 0.1) is 29.2 Å². The third kappa shape index (κ3) is 5.64. The maximum Gasteiger partial charge on any atom is 0.341 e. The zero-order valence-corrected chi connectivity index (χ0v) is 23.0. The number of ether oxygens (including phenoxy) is 1. The standard InChI is InChI=1S/C24H32N2O5S2.ClH/c1-14(2)33(29,30)16-10-8-15(9-11-16)12-18(27)25-21-19(22(28)31-7)17-13-23(3,4)26-24(5,6)20(17)32-21;/h8-11,14,26H,12-13H2,1-7H3,(H,25,27);1H. The number of carbonyl (C=O) groups is 2. The van der Waals surface area contributed by atoms with Crippen LogP contribution in [0.3, 0.4) is 0 Å². The minimum Gasteiger partial charge on any atom is -0.465 e. The number of amides is 1. The molecule has 0 fully saturated rings. The maximum atomic E-state index is 12.8. The molecule has 0 aliphatic carbocycles. The summed E-state index contributed by atoms with van der Waals surface area (Å²) in [5.41, 5.74) is 1.40. The van der Waals surface area contributed by atoms with E-state index in [1.165, 1.54) is 30.6 Å². The van der Waals surface area contributed by atoms with E-state index in [2.05, 4.69) is 38.3 Å². The normalized spacial score (nSPS) is 16.4. The van der Waals surface area contributed by atoms with Gasteiger partial charge in [-0.2, -0.15) is 0 Å². The van der Waals surface area contributed by atoms with Crippen molar-refractivity contribution in [3.63, 3.8) is 0 Å². The van der Waals surface area contributed by atoms with Gasteiger partial charge in [0.15, 0.2) is 9.84 Å². The van der Waals surface area contributed by atoms with E-state index in [0.717, 1.165) is 10.4 Å². The minimum atomic E-state index is -3.37. The van der Waals surface area contributed by atoms with Crippen molar-refractivity contribution in [2.24, 2.45) is 0 Å². The van der Waals surface area contributed by atoms with Gasteiger partial charge in [0, 0.05) is 16.0 Å². The summed E-state index contributed by atoms with van der Waals surface area (Å²) in [6, 6.07) is 6.34. The molecule has 0 atom stereocenters. The maximum absolute atomic E-state index is 12.8. The molecule has 0 saturated heterocycles. The number of benzene rings is 1. The van der Waals surface area contributed by atoms with Crippen LogP contribution in [0.4, 0.5) is 5.00 Å². The molecule has 0 unspecified atom stereocenters. The molecule has 1 aromatic carbocycles. The van der Waals surface area contributed by atoms with E-state index in [-0.39, 0.29) is 40.7 Å². The first-order valence-corrected chi connectivity index (χ1v) is 13.2. The van der Waals surface area contributed by atoms with Gasteiger partial charge in [-0.3, -0.25) is 4.79 Å². The Bertz CT molecular complexity index is 1180. The predicted molar refractivity (Wildman–Crippen MR) is 138 cm³/mol. The number of thiophene rings is 1. The summed E-state index contributed by atoms with van der Waals surface area (Å²) in [7, 11) is -2.03. The summed E-state index contributed by atoms with van der Waals surface area (Å²) in [6.45, 7) is 11.5. The molecule has 34 heavy (non-hydrogen) atoms. The lowest BCUT2D eigenvalue weighted by Gasteiger charge is -2.42. The van der Waals surface area contributed by atoms with E-state index in [4.69, 9.17) is 4.74 Å². The molecule has 0 radical (unpaired) electrons. The number of nitrogens with one attached hydrogen (secondary N) is 2. The highest BCUT2D eigenvalue weighted by molar-refractivity contribution is 7.92. The third-order valence-electron chi connectivity index (χ3n) is 5.72. The summed E-state index contributed by atoms with van der Waals surface area (Å²) in [5.74, 6) is -0.761. The highest BCUT2D eigenvalue weighted by Gasteiger charge is 2.42. The molecule has 3 rings (SSSR count). The molecule has 1 aromatic heterocycles. The fourth-order valence-electron chi connectivity index (χ4n) is 4.36. The average Bonchev–Trinajstić information content (AvgIpc) is 3.04. The number of sulfone groups is 1. The lowest BCUT2D eigenvalue weighted by molar-refractivity contribution is -0.115. The molecular formula is C24H33ClN2O5S2. The van der Waals surface area contributed by atoms with Gasteiger partial charge in [0.25, 0.3) is 0 Å². The molecule has 2 heterocycles. The Morgan fingerprint density at radius 2 is 1.74 bits per heavy atom. The van der Waals surface area contributed by atoms with E-state index >= 15 is 0 Å². The van der Waals surface area contributed by atoms with Crippen LogP contribution in [0, 0.1) is 0 Å². The van der Waals surface area contributed by atoms with Gasteiger partial charge < -0.3 is 15.4 Å². The van der Waals surface area contributed by atoms with Gasteiger partial charge in [-0.05, 0) is 71.2 Å². The number of esters is 1. The van der Waals surface area contributed by atoms with Gasteiger partial charge in [-0.1, -0.05) is 12.1 Å². The highest BCUT2D eigenvalue weighted by Crippen LogP contribution is 2.45. The van der Waals surface area contributed by atoms with Gasteiger partial charge in [0.1, 0.15) is 5.00 Å². The first-order valence-electron chi connectivity index (χ1n) is 10.8. The quantitative estimate of drug-likeness (QED) is 0.536. The van der Waals surface area contributed by atoms with Crippen LogP contribution in [-0.2, 0) is 37.7 Å². The van der Waals surface area contributed by atoms with Crippen molar-refractivity contribution in [3.8, 4) is 0 Å². The molecule has 1 amide bonds. The Labute approximate surface area is 212 Å². The van der Waals surface area contributed by atoms with Crippen molar-refractivity contribution in [1.29, 1.82) is 0 Å². The first kappa shape index (κ1) is 28.3. The lowest BCUT2D eigenvalue weighted by Crippen LogP contribution is -2.55. The smallest absolute Gasteiger partial charge is 0.341 e. The summed E-state index contributed by atoms with van der Waals surface area (Å²) >= 11 is 1.39. The van der Waals surface area contributed by atoms with Crippen molar-refractivity contribution in [2.75, 3.05) is 12.4 Å². The zero-order chi connectivity index (χ0) is 24.8. The van der Waals surface area contributed by atoms with Crippen LogP contribution in [0.15, 0.2) is 29.2 Å². The van der Waals surface area contributed by atoms with Crippen LogP contribution >= 0.6 is 23.7 Å². The van der Waals surface area contributed by atoms with Crippen molar-refractivity contribution >= 4 is 50.5 Å². The van der Waals surface area contributed by atoms with E-state index in [0.29, 0.717) is 22.5 Å². The molecule has 2 aromatic rings. The summed E-state index contributed by atoms with van der Waals surface area (Å²) < 4.78 is 29.6. The number of anilines is 1. The second kappa shape index (κ2) is 9.97. The molecule has 2 N–H and O–H groups in total. The van der Waals surface area contributed by atoms with E-state index in [1.54, 1.807) is 26.0 Å². The topological polar surface area (TPSA) is 102 Å². The number of hydrogen-bond acceptors (Lipinski definition) is 7. The average molecular weight is 529 g/mol. The monoisotopic (exact) mass is 528 g/mol. The molecule has 188 valence electrons. The van der Waals surface area contributed by atoms with Gasteiger partial charge in [-0.15, -0.1) is 23.7 Å². The Balaban J connectivity index is 0.00000408. The number of halogens is 1. The Hall–Kier alpha value is -1.94. The SMILES string of the molecule is COC(=O)c1c(NC(=O)Cc2ccc(S(=O)(=O)C(C)C)cc2)sc2c1CC(C)(C)NC2(C)C.Cl. The van der Waals surface area contributed by atoms with Crippen molar-refractivity contribution in [1.82, 2.24) is 5.32 Å². The summed E-state index contributed by atoms with van der Waals surface area (Å²) in [5, 5.41) is 6.45. The first-order chi connectivity index (χ1) is 15.2. The van der Waals surface area contributed by atoms with Crippen LogP contribution < -0.4 is 10.6 Å². The number of methoxy groups -OCH3 is 1. The van der Waals surface area contributed by atoms with Crippen molar-refractivity contribution in [3.05, 3.63) is 45.8 Å². The highest BCUT2D eigenvalue weighted by atomic mass is 35.5. The van der Waals surface area contributed by atoms with E-state index in [1.807, 2.05) is 0 Å². The molecule has 0 saturated carbocycles. The van der Waals surface area contributed by atoms with Crippen molar-refractivity contribution in [2.45, 2.75) is 75.6 Å². The Kier molecular flexibility index (Phi) is 8.30. The molecule has 7 nitrogen and oxygen atoms in total. The van der Waals surface area contributed by atoms with Gasteiger partial charge >= 0.3 is 5.97 Å². The van der Waals surface area contributed by atoms with Crippen molar-refractivity contribution < 1.29 is 22.7 Å². The molecule has 1 aliphatic rings. The fraction of sp³-hybridized carbons (Fsp3) is 0.500. The fourth-order valence-corrected chi connectivity index (χ4v) is 6.70. The van der Waals surface area contributed by atoms with Gasteiger partial charge in [0.2, 0.25) is 5.91 Å². The van der Waals surface area contributed by atoms with Crippen LogP contribution in [0.5, 0.6) is 0 Å². The number of rotatable bonds is 6. The second-order valence-electron chi connectivity index (χ2n) is 9.88. The summed E-state index contributed by atoms with van der Waals surface area (Å²) in [6.07, 6.45) is 0.687. The Morgan fingerprint density at radius 1 is 1.15 bits per heavy atom. The van der Waals surface area contributed by atoms with Crippen LogP contribution in [0.2, 0.25) is 0 Å². The largest absolute Gasteiger partial charge is 0.465 e. The molecule has 1 aliphatic heterocycles. The lowest BCUT2D eigenvalue weighted by atomic mass is 9.81. The second-order valence-corrected chi connectivity index (χ2v) is 13.4. The third-order valence-corrected chi connectivity index (χ3v) is 9.37. The number of hydrogen-bond donors (Lipinski definition) is 2. The van der Waals surface area contributed by atoms with Gasteiger partial charge in [-0.25, -0.2) is 13.2 Å². The predicted octanol–water partition coefficient (Wildman–Crippen LogP) is 4.48. The van der Waals surface area contributed by atoms with Crippen LogP contribution in [0.25, 0.3) is 0 Å². The van der Waals surface area contributed by atoms with E-state index < -0.39 is 21.1 Å². The van der Waals surface area contributed by atoms with E-state index in [9.17, 15) is 18.0 Å². The molecule has 0 spiro atoms. The molecular weight excluding hydrogens is 496 g/mol. The number of carbonyl (C=O) groups excluding carboxylic acids is 2. The zero-order valence-electron chi connectivity index (χ0n) is 20.6. The Morgan fingerprint density at radius 3 is 2.26 bits per heavy atom.